The van der Waals surface area contributed by atoms with Gasteiger partial charge < -0.3 is 14.7 Å². The predicted octanol–water partition coefficient (Wildman–Crippen LogP) is 5.39. The minimum absolute atomic E-state index is 0.0401. The lowest BCUT2D eigenvalue weighted by atomic mass is 9.95. The van der Waals surface area contributed by atoms with Gasteiger partial charge in [-0.25, -0.2) is 17.6 Å². The van der Waals surface area contributed by atoms with Crippen LogP contribution < -0.4 is 9.64 Å². The number of anilines is 1. The molecule has 12 heteroatoms. The largest absolute Gasteiger partial charge is 0.508 e. The van der Waals surface area contributed by atoms with E-state index in [0.29, 0.717) is 49.2 Å². The molecule has 8 rings (SSSR count). The predicted molar refractivity (Wildman–Crippen MR) is 170 cm³/mol. The van der Waals surface area contributed by atoms with Crippen molar-refractivity contribution in [3.8, 4) is 35.4 Å². The van der Waals surface area contributed by atoms with Crippen LogP contribution in [-0.2, 0) is 0 Å². The lowest BCUT2D eigenvalue weighted by molar-refractivity contribution is 0.107. The van der Waals surface area contributed by atoms with Crippen molar-refractivity contribution in [3.63, 3.8) is 0 Å². The molecule has 0 amide bonds. The summed E-state index contributed by atoms with van der Waals surface area (Å²) in [7, 11) is 0. The maximum absolute atomic E-state index is 16.9. The van der Waals surface area contributed by atoms with Crippen molar-refractivity contribution in [3.05, 3.63) is 47.7 Å². The van der Waals surface area contributed by atoms with E-state index < -0.39 is 30.0 Å². The Hall–Kier alpha value is -4.21. The Kier molecular flexibility index (Phi) is 7.37. The highest BCUT2D eigenvalue weighted by Gasteiger charge is 2.49. The first-order valence-electron chi connectivity index (χ1n) is 16.2. The molecule has 2 aromatic heterocycles. The Balaban J connectivity index is 1.26. The highest BCUT2D eigenvalue weighted by atomic mass is 19.1. The zero-order chi connectivity index (χ0) is 32.4. The average molecular weight is 647 g/mol. The molecule has 4 saturated heterocycles. The van der Waals surface area contributed by atoms with Crippen LogP contribution in [0.25, 0.3) is 32.9 Å². The molecule has 0 spiro atoms. The SMILES string of the molecule is C#Cc1c(F)ccc2cc(O)cc(-c3ncc4c(N5CC6CCC(C5)N6CCF)nc(OC[C@@]56CCCN5C[C@H](F)C6)nc4c3F)c12. The Morgan fingerprint density at radius 3 is 2.68 bits per heavy atom. The number of alkyl halides is 2. The van der Waals surface area contributed by atoms with Crippen LogP contribution in [0, 0.1) is 24.0 Å². The van der Waals surface area contributed by atoms with E-state index in [-0.39, 0.29) is 58.2 Å². The fourth-order valence-electron chi connectivity index (χ4n) is 8.54. The number of rotatable bonds is 7. The van der Waals surface area contributed by atoms with E-state index in [1.165, 1.54) is 30.5 Å². The van der Waals surface area contributed by atoms with Crippen LogP contribution in [0.4, 0.5) is 23.4 Å². The number of benzene rings is 2. The van der Waals surface area contributed by atoms with Crippen LogP contribution in [0.1, 0.15) is 37.7 Å². The molecule has 2 unspecified atom stereocenters. The number of pyridine rings is 1. The molecule has 244 valence electrons. The molecule has 0 aliphatic carbocycles. The summed E-state index contributed by atoms with van der Waals surface area (Å²) >= 11 is 0. The highest BCUT2D eigenvalue weighted by Crippen LogP contribution is 2.42. The number of phenolic OH excluding ortho intramolecular Hbond substituents is 1. The van der Waals surface area contributed by atoms with Gasteiger partial charge in [0.1, 0.15) is 48.0 Å². The molecular weight excluding hydrogens is 612 g/mol. The number of hydrogen-bond donors (Lipinski definition) is 1. The van der Waals surface area contributed by atoms with Gasteiger partial charge in [-0.3, -0.25) is 14.8 Å². The van der Waals surface area contributed by atoms with Crippen LogP contribution in [0.15, 0.2) is 30.5 Å². The van der Waals surface area contributed by atoms with E-state index in [4.69, 9.17) is 16.1 Å². The molecular formula is C35H34F4N6O2. The molecule has 1 N–H and O–H groups in total. The van der Waals surface area contributed by atoms with Gasteiger partial charge in [0.05, 0.1) is 16.5 Å². The summed E-state index contributed by atoms with van der Waals surface area (Å²) in [4.78, 5) is 20.2. The standard InChI is InChI=1S/C35H34F4N6O2/c1-2-25-28(38)7-4-20-12-24(46)13-26(29(20)25)31-30(39)32-27(15-40-31)33(43-17-22-5-6-23(18-43)45(22)11-9-36)42-34(41-32)47-19-35-8-3-10-44(35)16-21(37)14-35/h1,4,7,12-13,15,21-23,46H,3,5-6,8-11,14,16-19H2/t21-,22?,23?,35+/m1/s1. The maximum Gasteiger partial charge on any atom is 0.319 e. The molecule has 4 atom stereocenters. The molecule has 4 aliphatic heterocycles. The molecule has 8 nitrogen and oxygen atoms in total. The molecule has 6 heterocycles. The molecule has 4 aromatic rings. The molecule has 47 heavy (non-hydrogen) atoms. The van der Waals surface area contributed by atoms with Crippen LogP contribution >= 0.6 is 0 Å². The summed E-state index contributed by atoms with van der Waals surface area (Å²) in [6.07, 6.45) is 10.1. The van der Waals surface area contributed by atoms with Crippen molar-refractivity contribution in [2.75, 3.05) is 50.9 Å². The smallest absolute Gasteiger partial charge is 0.319 e. The molecule has 2 bridgehead atoms. The van der Waals surface area contributed by atoms with Gasteiger partial charge in [0.15, 0.2) is 5.82 Å². The van der Waals surface area contributed by atoms with E-state index in [1.54, 1.807) is 0 Å². The molecule has 0 radical (unpaired) electrons. The fourth-order valence-corrected chi connectivity index (χ4v) is 8.54. The van der Waals surface area contributed by atoms with E-state index in [0.717, 1.165) is 32.2 Å². The Morgan fingerprint density at radius 2 is 1.91 bits per heavy atom. The Morgan fingerprint density at radius 1 is 1.11 bits per heavy atom. The fraction of sp³-hybridized carbons (Fsp3) is 0.457. The van der Waals surface area contributed by atoms with Gasteiger partial charge >= 0.3 is 6.01 Å². The van der Waals surface area contributed by atoms with Crippen molar-refractivity contribution >= 4 is 27.5 Å². The van der Waals surface area contributed by atoms with Crippen molar-refractivity contribution in [2.24, 2.45) is 0 Å². The van der Waals surface area contributed by atoms with Gasteiger partial charge in [0.25, 0.3) is 0 Å². The first-order chi connectivity index (χ1) is 22.8. The normalized spacial score (nSPS) is 25.9. The summed E-state index contributed by atoms with van der Waals surface area (Å²) in [5, 5.41) is 11.6. The zero-order valence-electron chi connectivity index (χ0n) is 25.7. The number of piperazine rings is 1. The number of hydrogen-bond acceptors (Lipinski definition) is 8. The summed E-state index contributed by atoms with van der Waals surface area (Å²) in [6, 6.07) is 5.61. The summed E-state index contributed by atoms with van der Waals surface area (Å²) < 4.78 is 65.8. The summed E-state index contributed by atoms with van der Waals surface area (Å²) in [6.45, 7) is 2.39. The number of ether oxygens (including phenoxy) is 1. The summed E-state index contributed by atoms with van der Waals surface area (Å²) in [5.74, 6) is 1.18. The minimum Gasteiger partial charge on any atom is -0.508 e. The van der Waals surface area contributed by atoms with E-state index >= 15 is 4.39 Å². The Labute approximate surface area is 269 Å². The third-order valence-electron chi connectivity index (χ3n) is 10.6. The third-order valence-corrected chi connectivity index (χ3v) is 10.6. The number of halogens is 4. The van der Waals surface area contributed by atoms with Crippen LogP contribution in [0.3, 0.4) is 0 Å². The van der Waals surface area contributed by atoms with Crippen molar-refractivity contribution in [1.82, 2.24) is 24.8 Å². The first kappa shape index (κ1) is 30.1. The molecule has 0 saturated carbocycles. The summed E-state index contributed by atoms with van der Waals surface area (Å²) in [5.41, 5.74) is -0.642. The second-order valence-corrected chi connectivity index (χ2v) is 13.3. The van der Waals surface area contributed by atoms with Gasteiger partial charge in [-0.15, -0.1) is 6.42 Å². The van der Waals surface area contributed by atoms with Gasteiger partial charge in [0, 0.05) is 61.8 Å². The van der Waals surface area contributed by atoms with Gasteiger partial charge in [-0.2, -0.15) is 9.97 Å². The lowest BCUT2D eigenvalue weighted by Crippen LogP contribution is -2.54. The number of phenols is 1. The number of aromatic hydroxyl groups is 1. The van der Waals surface area contributed by atoms with Crippen molar-refractivity contribution in [1.29, 1.82) is 0 Å². The van der Waals surface area contributed by atoms with Crippen LogP contribution in [0.2, 0.25) is 0 Å². The number of terminal acetylenes is 1. The van der Waals surface area contributed by atoms with Crippen molar-refractivity contribution < 1.29 is 27.4 Å². The number of nitrogens with zero attached hydrogens (tertiary/aromatic N) is 6. The first-order valence-corrected chi connectivity index (χ1v) is 16.2. The molecule has 4 fully saturated rings. The minimum atomic E-state index is -0.941. The van der Waals surface area contributed by atoms with Gasteiger partial charge in [-0.05, 0) is 55.8 Å². The van der Waals surface area contributed by atoms with Crippen LogP contribution in [0.5, 0.6) is 11.8 Å². The number of aromatic nitrogens is 3. The second kappa shape index (κ2) is 11.5. The van der Waals surface area contributed by atoms with Gasteiger partial charge in [-0.1, -0.05) is 12.0 Å². The van der Waals surface area contributed by atoms with Gasteiger partial charge in [0.2, 0.25) is 0 Å². The topological polar surface area (TPSA) is 77.9 Å². The van der Waals surface area contributed by atoms with E-state index in [1.807, 2.05) is 0 Å². The van der Waals surface area contributed by atoms with E-state index in [2.05, 4.69) is 30.6 Å². The van der Waals surface area contributed by atoms with Crippen molar-refractivity contribution in [2.45, 2.75) is 55.9 Å². The molecule has 2 aromatic carbocycles. The van der Waals surface area contributed by atoms with E-state index in [9.17, 15) is 18.3 Å². The average Bonchev–Trinajstić information content (AvgIpc) is 3.65. The second-order valence-electron chi connectivity index (χ2n) is 13.3. The quantitative estimate of drug-likeness (QED) is 0.212. The third kappa shape index (κ3) is 4.93. The van der Waals surface area contributed by atoms with Crippen LogP contribution in [-0.4, -0.2) is 99.7 Å². The monoisotopic (exact) mass is 646 g/mol. The zero-order valence-corrected chi connectivity index (χ0v) is 25.7. The lowest BCUT2D eigenvalue weighted by Gasteiger charge is -2.41. The maximum atomic E-state index is 16.9. The molecule has 4 aliphatic rings. The highest BCUT2D eigenvalue weighted by molar-refractivity contribution is 6.03. The Bertz CT molecular complexity index is 1920. The number of fused-ring (bicyclic) bond motifs is 5.